The largest absolute Gasteiger partial charge is 0.487 e. The van der Waals surface area contributed by atoms with Gasteiger partial charge in [0.15, 0.2) is 0 Å². The maximum atomic E-state index is 8.79. The van der Waals surface area contributed by atoms with Crippen molar-refractivity contribution in [3.8, 4) is 11.8 Å². The van der Waals surface area contributed by atoms with E-state index in [0.29, 0.717) is 23.6 Å². The van der Waals surface area contributed by atoms with Crippen molar-refractivity contribution < 1.29 is 4.74 Å². The lowest BCUT2D eigenvalue weighted by Crippen LogP contribution is -1.98. The quantitative estimate of drug-likeness (QED) is 0.815. The van der Waals surface area contributed by atoms with Crippen LogP contribution in [0.3, 0.4) is 0 Å². The summed E-state index contributed by atoms with van der Waals surface area (Å²) in [5, 5.41) is 8.79. The van der Waals surface area contributed by atoms with E-state index in [0.717, 1.165) is 5.56 Å². The highest BCUT2D eigenvalue weighted by Crippen LogP contribution is 2.23. The summed E-state index contributed by atoms with van der Waals surface area (Å²) in [6, 6.07) is 16.9. The number of hydrogen-bond donors (Lipinski definition) is 1. The molecule has 0 bridgehead atoms. The molecule has 0 aliphatic rings. The average Bonchev–Trinajstić information content (AvgIpc) is 2.39. The minimum Gasteiger partial charge on any atom is -0.487 e. The SMILES string of the molecule is N#Cc1ccc(N)c(OCc2ccccc2)c1. The van der Waals surface area contributed by atoms with Crippen LogP contribution in [0.4, 0.5) is 5.69 Å². The summed E-state index contributed by atoms with van der Waals surface area (Å²) in [6.45, 7) is 0.444. The summed E-state index contributed by atoms with van der Waals surface area (Å²) in [7, 11) is 0. The molecule has 0 aliphatic carbocycles. The Morgan fingerprint density at radius 2 is 1.88 bits per heavy atom. The standard InChI is InChI=1S/C14H12N2O/c15-9-12-6-7-13(16)14(8-12)17-10-11-4-2-1-3-5-11/h1-8H,10,16H2. The van der Waals surface area contributed by atoms with Gasteiger partial charge in [0.25, 0.3) is 0 Å². The zero-order chi connectivity index (χ0) is 12.1. The Balaban J connectivity index is 2.12. The smallest absolute Gasteiger partial charge is 0.144 e. The zero-order valence-corrected chi connectivity index (χ0v) is 9.26. The first-order chi connectivity index (χ1) is 8.29. The van der Waals surface area contributed by atoms with Gasteiger partial charge in [0.05, 0.1) is 17.3 Å². The fraction of sp³-hybridized carbons (Fsp3) is 0.0714. The van der Waals surface area contributed by atoms with Crippen molar-refractivity contribution in [2.45, 2.75) is 6.61 Å². The molecule has 0 amide bonds. The van der Waals surface area contributed by atoms with Gasteiger partial charge in [0.2, 0.25) is 0 Å². The van der Waals surface area contributed by atoms with Crippen LogP contribution in [0.1, 0.15) is 11.1 Å². The zero-order valence-electron chi connectivity index (χ0n) is 9.26. The van der Waals surface area contributed by atoms with E-state index in [2.05, 4.69) is 6.07 Å². The van der Waals surface area contributed by atoms with E-state index in [1.165, 1.54) is 0 Å². The summed E-state index contributed by atoms with van der Waals surface area (Å²) in [4.78, 5) is 0. The molecule has 2 aromatic carbocycles. The molecule has 0 atom stereocenters. The van der Waals surface area contributed by atoms with Crippen molar-refractivity contribution in [2.24, 2.45) is 0 Å². The Hall–Kier alpha value is -2.47. The minimum absolute atomic E-state index is 0.444. The molecule has 0 saturated heterocycles. The molecule has 0 spiro atoms. The van der Waals surface area contributed by atoms with Crippen molar-refractivity contribution in [3.63, 3.8) is 0 Å². The van der Waals surface area contributed by atoms with Crippen molar-refractivity contribution in [3.05, 3.63) is 59.7 Å². The summed E-state index contributed by atoms with van der Waals surface area (Å²) < 4.78 is 5.59. The number of hydrogen-bond acceptors (Lipinski definition) is 3. The third kappa shape index (κ3) is 2.76. The van der Waals surface area contributed by atoms with Crippen LogP contribution in [0.5, 0.6) is 5.75 Å². The number of nitrogens with zero attached hydrogens (tertiary/aromatic N) is 1. The van der Waals surface area contributed by atoms with Gasteiger partial charge >= 0.3 is 0 Å². The summed E-state index contributed by atoms with van der Waals surface area (Å²) in [6.07, 6.45) is 0. The molecule has 17 heavy (non-hydrogen) atoms. The fourth-order valence-corrected chi connectivity index (χ4v) is 1.46. The molecule has 0 radical (unpaired) electrons. The Bertz CT molecular complexity index is 544. The first kappa shape index (κ1) is 11.0. The van der Waals surface area contributed by atoms with Crippen LogP contribution in [-0.4, -0.2) is 0 Å². The second-order valence-corrected chi connectivity index (χ2v) is 3.64. The van der Waals surface area contributed by atoms with Crippen LogP contribution in [0.15, 0.2) is 48.5 Å². The number of nitriles is 1. The van der Waals surface area contributed by atoms with Gasteiger partial charge < -0.3 is 10.5 Å². The van der Waals surface area contributed by atoms with Gasteiger partial charge in [-0.05, 0) is 17.7 Å². The Labute approximate surface area is 100 Å². The number of nitrogen functional groups attached to an aromatic ring is 1. The third-order valence-corrected chi connectivity index (χ3v) is 2.38. The van der Waals surface area contributed by atoms with Crippen molar-refractivity contribution in [1.29, 1.82) is 5.26 Å². The minimum atomic E-state index is 0.444. The van der Waals surface area contributed by atoms with Crippen molar-refractivity contribution in [2.75, 3.05) is 5.73 Å². The van der Waals surface area contributed by atoms with E-state index < -0.39 is 0 Å². The average molecular weight is 224 g/mol. The van der Waals surface area contributed by atoms with Gasteiger partial charge in [0, 0.05) is 6.07 Å². The van der Waals surface area contributed by atoms with E-state index in [1.54, 1.807) is 18.2 Å². The molecule has 2 rings (SSSR count). The topological polar surface area (TPSA) is 59.0 Å². The number of nitrogens with two attached hydrogens (primary N) is 1. The van der Waals surface area contributed by atoms with Gasteiger partial charge in [-0.2, -0.15) is 5.26 Å². The molecule has 2 aromatic rings. The van der Waals surface area contributed by atoms with E-state index in [4.69, 9.17) is 15.7 Å². The second kappa shape index (κ2) is 5.04. The highest BCUT2D eigenvalue weighted by Gasteiger charge is 2.02. The van der Waals surface area contributed by atoms with E-state index in [9.17, 15) is 0 Å². The van der Waals surface area contributed by atoms with Crippen LogP contribution >= 0.6 is 0 Å². The molecule has 84 valence electrons. The van der Waals surface area contributed by atoms with Crippen molar-refractivity contribution in [1.82, 2.24) is 0 Å². The van der Waals surface area contributed by atoms with Crippen LogP contribution in [0.25, 0.3) is 0 Å². The third-order valence-electron chi connectivity index (χ3n) is 2.38. The number of rotatable bonds is 3. The molecular weight excluding hydrogens is 212 g/mol. The predicted octanol–water partition coefficient (Wildman–Crippen LogP) is 2.72. The van der Waals surface area contributed by atoms with Gasteiger partial charge in [-0.25, -0.2) is 0 Å². The molecule has 0 aliphatic heterocycles. The van der Waals surface area contributed by atoms with Crippen molar-refractivity contribution >= 4 is 5.69 Å². The number of benzene rings is 2. The molecule has 3 nitrogen and oxygen atoms in total. The molecule has 0 heterocycles. The lowest BCUT2D eigenvalue weighted by molar-refractivity contribution is 0.308. The molecule has 2 N–H and O–H groups in total. The van der Waals surface area contributed by atoms with Crippen LogP contribution in [0, 0.1) is 11.3 Å². The molecule has 0 fully saturated rings. The normalized spacial score (nSPS) is 9.59. The molecular formula is C14H12N2O. The molecule has 0 unspecified atom stereocenters. The predicted molar refractivity (Wildman–Crippen MR) is 66.3 cm³/mol. The Morgan fingerprint density at radius 1 is 1.12 bits per heavy atom. The monoisotopic (exact) mass is 224 g/mol. The Kier molecular flexibility index (Phi) is 3.27. The van der Waals surface area contributed by atoms with E-state index in [-0.39, 0.29) is 0 Å². The molecule has 3 heteroatoms. The van der Waals surface area contributed by atoms with Crippen LogP contribution < -0.4 is 10.5 Å². The van der Waals surface area contributed by atoms with Gasteiger partial charge in [-0.15, -0.1) is 0 Å². The summed E-state index contributed by atoms with van der Waals surface area (Å²) in [5.74, 6) is 0.549. The van der Waals surface area contributed by atoms with Gasteiger partial charge in [0.1, 0.15) is 12.4 Å². The van der Waals surface area contributed by atoms with Gasteiger partial charge in [-0.1, -0.05) is 30.3 Å². The molecule has 0 aromatic heterocycles. The van der Waals surface area contributed by atoms with Gasteiger partial charge in [-0.3, -0.25) is 0 Å². The second-order valence-electron chi connectivity index (χ2n) is 3.64. The van der Waals surface area contributed by atoms with E-state index in [1.807, 2.05) is 30.3 Å². The maximum Gasteiger partial charge on any atom is 0.144 e. The first-order valence-corrected chi connectivity index (χ1v) is 5.26. The number of ether oxygens (including phenoxy) is 1. The summed E-state index contributed by atoms with van der Waals surface area (Å²) in [5.41, 5.74) is 7.92. The highest BCUT2D eigenvalue weighted by atomic mass is 16.5. The number of anilines is 1. The Morgan fingerprint density at radius 3 is 2.59 bits per heavy atom. The van der Waals surface area contributed by atoms with Crippen LogP contribution in [0.2, 0.25) is 0 Å². The highest BCUT2D eigenvalue weighted by molar-refractivity contribution is 5.56. The van der Waals surface area contributed by atoms with Crippen LogP contribution in [-0.2, 0) is 6.61 Å². The lowest BCUT2D eigenvalue weighted by Gasteiger charge is -2.08. The lowest BCUT2D eigenvalue weighted by atomic mass is 10.2. The summed E-state index contributed by atoms with van der Waals surface area (Å²) >= 11 is 0. The first-order valence-electron chi connectivity index (χ1n) is 5.26. The van der Waals surface area contributed by atoms with E-state index >= 15 is 0 Å². The fourth-order valence-electron chi connectivity index (χ4n) is 1.46. The maximum absolute atomic E-state index is 8.79. The molecule has 0 saturated carbocycles.